The van der Waals surface area contributed by atoms with Crippen LogP contribution in [0, 0.1) is 18.7 Å². The van der Waals surface area contributed by atoms with Gasteiger partial charge in [-0.15, -0.1) is 16.4 Å². The third kappa shape index (κ3) is 4.73. The molecule has 0 aliphatic carbocycles. The first-order chi connectivity index (χ1) is 16.9. The Labute approximate surface area is 203 Å². The van der Waals surface area contributed by atoms with E-state index in [1.807, 2.05) is 44.3 Å². The van der Waals surface area contributed by atoms with Crippen molar-refractivity contribution in [3.63, 3.8) is 0 Å². The smallest absolute Gasteiger partial charge is 0.223 e. The minimum Gasteiger partial charge on any atom is -0.352 e. The molecule has 3 N–H and O–H groups in total. The fraction of sp³-hybridized carbons (Fsp3) is 0.208. The molecule has 5 aromatic rings. The summed E-state index contributed by atoms with van der Waals surface area (Å²) in [6.45, 7) is 4.75. The summed E-state index contributed by atoms with van der Waals surface area (Å²) >= 11 is 1.38. The first-order valence-corrected chi connectivity index (χ1v) is 11.8. The van der Waals surface area contributed by atoms with E-state index in [4.69, 9.17) is 5.73 Å². The average Bonchev–Trinajstić information content (AvgIpc) is 3.45. The highest BCUT2D eigenvalue weighted by molar-refractivity contribution is 7.22. The molecular weight excluding hydrogens is 470 g/mol. The molecule has 0 amide bonds. The lowest BCUT2D eigenvalue weighted by Gasteiger charge is -2.13. The molecule has 4 heterocycles. The van der Waals surface area contributed by atoms with Gasteiger partial charge in [0.25, 0.3) is 0 Å². The Hall–Kier alpha value is -3.83. The number of aromatic nitrogens is 6. The Balaban J connectivity index is 1.48. The van der Waals surface area contributed by atoms with Gasteiger partial charge in [-0.2, -0.15) is 4.39 Å². The predicted octanol–water partition coefficient (Wildman–Crippen LogP) is 4.73. The molecule has 0 saturated heterocycles. The highest BCUT2D eigenvalue weighted by Gasteiger charge is 2.18. The van der Waals surface area contributed by atoms with Crippen LogP contribution in [-0.2, 0) is 6.54 Å². The SMILES string of the molecule is Cc1cn(CCNc2ncc(F)c(-c3cc4cccc(-c5cc(F)ncc5C(C)N)c4s3)n2)nn1. The van der Waals surface area contributed by atoms with Crippen molar-refractivity contribution in [3.8, 4) is 21.7 Å². The number of benzene rings is 1. The van der Waals surface area contributed by atoms with Crippen LogP contribution in [0.3, 0.4) is 0 Å². The summed E-state index contributed by atoms with van der Waals surface area (Å²) in [4.78, 5) is 12.9. The number of nitrogens with two attached hydrogens (primary N) is 1. The summed E-state index contributed by atoms with van der Waals surface area (Å²) in [5, 5.41) is 11.9. The standard InChI is InChI=1S/C24H22F2N8S/c1-13-12-34(33-32-13)7-6-28-24-30-11-19(25)22(31-24)20-8-15-4-3-5-16(23(15)35-20)17-9-21(26)29-10-18(17)14(2)27/h3-5,8-12,14H,6-7,27H2,1-2H3,(H,28,30,31). The molecule has 8 nitrogen and oxygen atoms in total. The average molecular weight is 493 g/mol. The van der Waals surface area contributed by atoms with Crippen LogP contribution in [0.25, 0.3) is 31.8 Å². The first kappa shape index (κ1) is 22.9. The van der Waals surface area contributed by atoms with E-state index in [2.05, 4.69) is 30.6 Å². The van der Waals surface area contributed by atoms with E-state index in [1.54, 1.807) is 4.68 Å². The molecule has 0 bridgehead atoms. The van der Waals surface area contributed by atoms with E-state index in [-0.39, 0.29) is 11.7 Å². The van der Waals surface area contributed by atoms with Crippen molar-refractivity contribution < 1.29 is 8.78 Å². The topological polar surface area (TPSA) is 107 Å². The van der Waals surface area contributed by atoms with Crippen LogP contribution in [0.15, 0.2) is 48.9 Å². The Bertz CT molecular complexity index is 1510. The quantitative estimate of drug-likeness (QED) is 0.316. The van der Waals surface area contributed by atoms with Crippen LogP contribution in [0.2, 0.25) is 0 Å². The largest absolute Gasteiger partial charge is 0.352 e. The molecule has 0 aliphatic rings. The number of nitrogens with one attached hydrogen (secondary N) is 1. The second-order valence-corrected chi connectivity index (χ2v) is 9.21. The van der Waals surface area contributed by atoms with Crippen LogP contribution in [0.4, 0.5) is 14.7 Å². The molecule has 0 spiro atoms. The third-order valence-electron chi connectivity index (χ3n) is 5.48. The van der Waals surface area contributed by atoms with Crippen LogP contribution in [-0.4, -0.2) is 36.5 Å². The van der Waals surface area contributed by atoms with Crippen LogP contribution in [0.1, 0.15) is 24.2 Å². The second kappa shape index (κ2) is 9.43. The molecule has 1 atom stereocenters. The number of hydrogen-bond donors (Lipinski definition) is 2. The Morgan fingerprint density at radius 3 is 2.77 bits per heavy atom. The molecule has 0 radical (unpaired) electrons. The Morgan fingerprint density at radius 2 is 2.00 bits per heavy atom. The first-order valence-electron chi connectivity index (χ1n) is 11.0. The number of rotatable bonds is 7. The molecule has 1 unspecified atom stereocenters. The number of aryl methyl sites for hydroxylation is 1. The van der Waals surface area contributed by atoms with Crippen molar-refractivity contribution in [1.29, 1.82) is 0 Å². The molecule has 0 fully saturated rings. The van der Waals surface area contributed by atoms with E-state index in [0.29, 0.717) is 29.5 Å². The lowest BCUT2D eigenvalue weighted by molar-refractivity contribution is 0.581. The van der Waals surface area contributed by atoms with Gasteiger partial charge in [-0.25, -0.2) is 19.3 Å². The van der Waals surface area contributed by atoms with Crippen LogP contribution < -0.4 is 11.1 Å². The summed E-state index contributed by atoms with van der Waals surface area (Å²) < 4.78 is 31.4. The second-order valence-electron chi connectivity index (χ2n) is 8.16. The summed E-state index contributed by atoms with van der Waals surface area (Å²) in [7, 11) is 0. The number of anilines is 1. The van der Waals surface area contributed by atoms with E-state index >= 15 is 0 Å². The van der Waals surface area contributed by atoms with E-state index < -0.39 is 11.8 Å². The van der Waals surface area contributed by atoms with Crippen LogP contribution in [0.5, 0.6) is 0 Å². The number of hydrogen-bond acceptors (Lipinski definition) is 8. The van der Waals surface area contributed by atoms with E-state index in [1.165, 1.54) is 23.6 Å². The van der Waals surface area contributed by atoms with Gasteiger partial charge in [0.05, 0.1) is 23.3 Å². The number of pyridine rings is 1. The Kier molecular flexibility index (Phi) is 6.18. The zero-order chi connectivity index (χ0) is 24.5. The monoisotopic (exact) mass is 492 g/mol. The van der Waals surface area contributed by atoms with Gasteiger partial charge in [-0.05, 0) is 36.4 Å². The number of halogens is 2. The summed E-state index contributed by atoms with van der Waals surface area (Å²) in [5.41, 5.74) is 9.35. The number of thiophene rings is 1. The highest BCUT2D eigenvalue weighted by Crippen LogP contribution is 2.41. The predicted molar refractivity (Wildman–Crippen MR) is 132 cm³/mol. The summed E-state index contributed by atoms with van der Waals surface area (Å²) in [6.07, 6.45) is 4.45. The van der Waals surface area contributed by atoms with Gasteiger partial charge in [0.1, 0.15) is 5.69 Å². The van der Waals surface area contributed by atoms with Crippen molar-refractivity contribution in [2.45, 2.75) is 26.4 Å². The molecule has 35 heavy (non-hydrogen) atoms. The minimum atomic E-state index is -0.586. The lowest BCUT2D eigenvalue weighted by atomic mass is 9.97. The summed E-state index contributed by atoms with van der Waals surface area (Å²) in [5.74, 6) is -0.801. The Morgan fingerprint density at radius 1 is 1.14 bits per heavy atom. The minimum absolute atomic E-state index is 0.194. The molecule has 4 aromatic heterocycles. The molecular formula is C24H22F2N8S. The maximum absolute atomic E-state index is 14.8. The normalized spacial score (nSPS) is 12.3. The van der Waals surface area contributed by atoms with Crippen molar-refractivity contribution in [3.05, 3.63) is 71.9 Å². The van der Waals surface area contributed by atoms with Crippen molar-refractivity contribution in [1.82, 2.24) is 29.9 Å². The van der Waals surface area contributed by atoms with E-state index in [0.717, 1.165) is 33.1 Å². The molecule has 0 aliphatic heterocycles. The highest BCUT2D eigenvalue weighted by atomic mass is 32.1. The molecule has 178 valence electrons. The van der Waals surface area contributed by atoms with Crippen molar-refractivity contribution in [2.75, 3.05) is 11.9 Å². The molecule has 5 rings (SSSR count). The molecule has 11 heteroatoms. The number of nitrogens with zero attached hydrogens (tertiary/aromatic N) is 6. The fourth-order valence-corrected chi connectivity index (χ4v) is 5.02. The lowest BCUT2D eigenvalue weighted by Crippen LogP contribution is -2.13. The van der Waals surface area contributed by atoms with Gasteiger partial charge < -0.3 is 11.1 Å². The maximum atomic E-state index is 14.8. The van der Waals surface area contributed by atoms with Gasteiger partial charge in [0.2, 0.25) is 11.9 Å². The maximum Gasteiger partial charge on any atom is 0.223 e. The fourth-order valence-electron chi connectivity index (χ4n) is 3.84. The molecule has 0 saturated carbocycles. The van der Waals surface area contributed by atoms with Gasteiger partial charge in [0.15, 0.2) is 5.82 Å². The van der Waals surface area contributed by atoms with Gasteiger partial charge in [-0.1, -0.05) is 23.4 Å². The number of fused-ring (bicyclic) bond motifs is 1. The zero-order valence-electron chi connectivity index (χ0n) is 19.0. The molecule has 1 aromatic carbocycles. The van der Waals surface area contributed by atoms with Crippen molar-refractivity contribution >= 4 is 27.4 Å². The van der Waals surface area contributed by atoms with E-state index in [9.17, 15) is 8.78 Å². The van der Waals surface area contributed by atoms with Gasteiger partial charge in [0, 0.05) is 41.3 Å². The zero-order valence-corrected chi connectivity index (χ0v) is 19.9. The van der Waals surface area contributed by atoms with Gasteiger partial charge >= 0.3 is 0 Å². The third-order valence-corrected chi connectivity index (χ3v) is 6.67. The summed E-state index contributed by atoms with van der Waals surface area (Å²) in [6, 6.07) is 8.64. The van der Waals surface area contributed by atoms with Crippen molar-refractivity contribution in [2.24, 2.45) is 5.73 Å². The van der Waals surface area contributed by atoms with Gasteiger partial charge in [-0.3, -0.25) is 4.68 Å². The van der Waals surface area contributed by atoms with Crippen LogP contribution >= 0.6 is 11.3 Å².